The van der Waals surface area contributed by atoms with Crippen molar-refractivity contribution in [3.8, 4) is 44.5 Å². The topological polar surface area (TPSA) is 24.1 Å². The molecule has 2 nitrogen and oxygen atoms in total. The molecule has 2 N–H and O–H groups in total. The fraction of sp³-hybridized carbons (Fsp3) is 0.462. The number of aryl methyl sites for hydroxylation is 6. The normalized spacial score (nSPS) is 12.2. The molecule has 2 unspecified atom stereocenters. The molecule has 2 atom stereocenters. The average molecular weight is 1070 g/mol. The van der Waals surface area contributed by atoms with Gasteiger partial charge in [-0.3, -0.25) is 0 Å². The van der Waals surface area contributed by atoms with Crippen LogP contribution < -0.4 is 10.6 Å². The lowest BCUT2D eigenvalue weighted by Gasteiger charge is -2.21. The van der Waals surface area contributed by atoms with Crippen molar-refractivity contribution in [1.82, 2.24) is 0 Å². The maximum Gasteiger partial charge on any atom is 0.0387 e. The Kier molecular flexibility index (Phi) is 25.1. The Morgan fingerprint density at radius 1 is 0.300 bits per heavy atom. The Balaban J connectivity index is 1.10. The summed E-state index contributed by atoms with van der Waals surface area (Å²) in [6.45, 7) is 23.2. The van der Waals surface area contributed by atoms with Gasteiger partial charge in [0, 0.05) is 22.7 Å². The Labute approximate surface area is 488 Å². The summed E-state index contributed by atoms with van der Waals surface area (Å²) in [6.07, 6.45) is 30.1. The lowest BCUT2D eigenvalue weighted by molar-refractivity contribution is 0.567. The lowest BCUT2D eigenvalue weighted by Crippen LogP contribution is -2.01. The molecule has 7 aromatic rings. The van der Waals surface area contributed by atoms with Crippen molar-refractivity contribution in [3.63, 3.8) is 0 Å². The van der Waals surface area contributed by atoms with E-state index >= 15 is 0 Å². The number of anilines is 4. The van der Waals surface area contributed by atoms with Gasteiger partial charge in [-0.05, 0) is 215 Å². The van der Waals surface area contributed by atoms with Crippen LogP contribution in [-0.2, 0) is 25.7 Å². The highest BCUT2D eigenvalue weighted by Crippen LogP contribution is 2.40. The molecule has 0 aromatic heterocycles. The molecule has 0 aliphatic carbocycles. The summed E-state index contributed by atoms with van der Waals surface area (Å²) in [4.78, 5) is 0. The van der Waals surface area contributed by atoms with Crippen LogP contribution in [0.1, 0.15) is 240 Å². The zero-order valence-electron chi connectivity index (χ0n) is 51.8. The molecule has 0 saturated heterocycles. The fourth-order valence-corrected chi connectivity index (χ4v) is 12.4. The smallest absolute Gasteiger partial charge is 0.0387 e. The molecule has 0 heterocycles. The van der Waals surface area contributed by atoms with Crippen LogP contribution >= 0.6 is 0 Å². The molecular weight excluding hydrogens is 965 g/mol. The van der Waals surface area contributed by atoms with E-state index in [4.69, 9.17) is 0 Å². The first-order valence-electron chi connectivity index (χ1n) is 32.5. The third kappa shape index (κ3) is 17.6. The van der Waals surface area contributed by atoms with Gasteiger partial charge >= 0.3 is 0 Å². The van der Waals surface area contributed by atoms with Crippen molar-refractivity contribution in [2.24, 2.45) is 0 Å². The van der Waals surface area contributed by atoms with E-state index < -0.39 is 0 Å². The van der Waals surface area contributed by atoms with Gasteiger partial charge in [-0.25, -0.2) is 0 Å². The van der Waals surface area contributed by atoms with Crippen LogP contribution in [0.4, 0.5) is 22.7 Å². The zero-order valence-corrected chi connectivity index (χ0v) is 51.8. The highest BCUT2D eigenvalue weighted by atomic mass is 14.9. The molecule has 80 heavy (non-hydrogen) atoms. The summed E-state index contributed by atoms with van der Waals surface area (Å²) in [5.41, 5.74) is 26.6. The second-order valence-corrected chi connectivity index (χ2v) is 24.0. The van der Waals surface area contributed by atoms with E-state index in [0.717, 1.165) is 48.4 Å². The molecule has 7 rings (SSSR count). The van der Waals surface area contributed by atoms with Gasteiger partial charge in [0.05, 0.1) is 0 Å². The molecule has 0 saturated carbocycles. The van der Waals surface area contributed by atoms with Gasteiger partial charge in [-0.2, -0.15) is 0 Å². The van der Waals surface area contributed by atoms with Crippen molar-refractivity contribution < 1.29 is 0 Å². The van der Waals surface area contributed by atoms with E-state index in [1.807, 2.05) is 0 Å². The first kappa shape index (κ1) is 61.8. The number of rotatable bonds is 34. The van der Waals surface area contributed by atoms with E-state index in [1.54, 1.807) is 0 Å². The summed E-state index contributed by atoms with van der Waals surface area (Å²) in [5, 5.41) is 7.65. The largest absolute Gasteiger partial charge is 0.356 e. The first-order valence-corrected chi connectivity index (χ1v) is 32.5. The van der Waals surface area contributed by atoms with Crippen LogP contribution in [0.5, 0.6) is 0 Å². The van der Waals surface area contributed by atoms with E-state index in [0.29, 0.717) is 11.8 Å². The number of hydrogen-bond donors (Lipinski definition) is 2. The molecule has 0 fully saturated rings. The van der Waals surface area contributed by atoms with Crippen LogP contribution in [0.15, 0.2) is 133 Å². The maximum absolute atomic E-state index is 3.83. The van der Waals surface area contributed by atoms with Crippen LogP contribution in [0.2, 0.25) is 0 Å². The van der Waals surface area contributed by atoms with Crippen LogP contribution in [0, 0.1) is 13.8 Å². The summed E-state index contributed by atoms with van der Waals surface area (Å²) in [6, 6.07) is 52.1. The molecule has 0 aliphatic rings. The monoisotopic (exact) mass is 1070 g/mol. The average Bonchev–Trinajstić information content (AvgIpc) is 3.48. The number of benzene rings is 7. The lowest BCUT2D eigenvalue weighted by atomic mass is 9.85. The fourth-order valence-electron chi connectivity index (χ4n) is 12.4. The van der Waals surface area contributed by atoms with Crippen LogP contribution in [0.3, 0.4) is 0 Å². The van der Waals surface area contributed by atoms with Gasteiger partial charge in [-0.15, -0.1) is 0 Å². The Morgan fingerprint density at radius 3 is 0.963 bits per heavy atom. The standard InChI is InChI=1S/C78H104N2/c1-11-17-21-25-27-31-57(7)63-35-39-65(40-36-63)75-49-45-71(53-61(75)15-5)79-69-43-47-73(59(9)51-69)77-55-68(34-30-24-20-14-4)78(56-67(77)33-29-23-19-13-3)74-48-44-70(52-60(74)10)80-72-46-50-76(62(16-6)54-72)66-41-37-64(38-42-66)58(8)32-28-26-22-18-12-2/h35-58,79-80H,11-34H2,1-10H3. The maximum atomic E-state index is 3.83. The van der Waals surface area contributed by atoms with Crippen LogP contribution in [0.25, 0.3) is 44.5 Å². The highest BCUT2D eigenvalue weighted by molar-refractivity contribution is 5.82. The Hall–Kier alpha value is -5.86. The number of nitrogens with one attached hydrogen (secondary N) is 2. The Morgan fingerprint density at radius 2 is 0.625 bits per heavy atom. The van der Waals surface area contributed by atoms with E-state index in [2.05, 4.69) is 213 Å². The van der Waals surface area contributed by atoms with Gasteiger partial charge in [0.2, 0.25) is 0 Å². The molecule has 0 spiro atoms. The third-order valence-electron chi connectivity index (χ3n) is 17.6. The van der Waals surface area contributed by atoms with E-state index in [-0.39, 0.29) is 0 Å². The van der Waals surface area contributed by atoms with Gasteiger partial charge in [0.15, 0.2) is 0 Å². The molecule has 2 heteroatoms. The number of unbranched alkanes of at least 4 members (excludes halogenated alkanes) is 14. The molecule has 0 radical (unpaired) electrons. The van der Waals surface area contributed by atoms with Gasteiger partial charge in [0.25, 0.3) is 0 Å². The van der Waals surface area contributed by atoms with E-state index in [9.17, 15) is 0 Å². The second-order valence-electron chi connectivity index (χ2n) is 24.0. The highest BCUT2D eigenvalue weighted by Gasteiger charge is 2.18. The van der Waals surface area contributed by atoms with Crippen LogP contribution in [-0.4, -0.2) is 0 Å². The quantitative estimate of drug-likeness (QED) is 0.0393. The summed E-state index contributed by atoms with van der Waals surface area (Å²) >= 11 is 0. The minimum absolute atomic E-state index is 0.603. The zero-order chi connectivity index (χ0) is 56.6. The summed E-state index contributed by atoms with van der Waals surface area (Å²) in [7, 11) is 0. The van der Waals surface area contributed by atoms with Gasteiger partial charge < -0.3 is 10.6 Å². The predicted octanol–water partition coefficient (Wildman–Crippen LogP) is 24.8. The molecule has 7 aromatic carbocycles. The minimum atomic E-state index is 0.603. The van der Waals surface area contributed by atoms with Crippen molar-refractivity contribution in [3.05, 3.63) is 178 Å². The SMILES string of the molecule is CCCCCCCC(C)c1ccc(-c2ccc(Nc3ccc(-c4cc(CCCCCC)c(-c5ccc(Nc6ccc(-c7ccc(C(C)CCCCCCC)cc7)c(CC)c6)cc5C)cc4CCCCCC)c(C)c3)cc2CC)cc1. The van der Waals surface area contributed by atoms with Crippen molar-refractivity contribution in [1.29, 1.82) is 0 Å². The Bertz CT molecular complexity index is 2750. The van der Waals surface area contributed by atoms with E-state index in [1.165, 1.54) is 217 Å². The van der Waals surface area contributed by atoms with Gasteiger partial charge in [-0.1, -0.05) is 243 Å². The molecular formula is C78H104N2. The third-order valence-corrected chi connectivity index (χ3v) is 17.6. The second kappa shape index (κ2) is 32.5. The predicted molar refractivity (Wildman–Crippen MR) is 355 cm³/mol. The van der Waals surface area contributed by atoms with Crippen molar-refractivity contribution >= 4 is 22.7 Å². The molecule has 0 aliphatic heterocycles. The number of hydrogen-bond acceptors (Lipinski definition) is 2. The van der Waals surface area contributed by atoms with Gasteiger partial charge in [0.1, 0.15) is 0 Å². The summed E-state index contributed by atoms with van der Waals surface area (Å²) < 4.78 is 0. The minimum Gasteiger partial charge on any atom is -0.356 e. The molecule has 426 valence electrons. The summed E-state index contributed by atoms with van der Waals surface area (Å²) in [5.74, 6) is 1.21. The molecule has 0 bridgehead atoms. The first-order chi connectivity index (χ1) is 39.1. The molecule has 0 amide bonds. The van der Waals surface area contributed by atoms with Crippen molar-refractivity contribution in [2.75, 3.05) is 10.6 Å². The van der Waals surface area contributed by atoms with Crippen molar-refractivity contribution in [2.45, 2.75) is 235 Å².